The lowest BCUT2D eigenvalue weighted by Gasteiger charge is -2.15. The Balaban J connectivity index is 3.28. The minimum atomic E-state index is -1.08. The summed E-state index contributed by atoms with van der Waals surface area (Å²) in [6, 6.07) is 4.69. The van der Waals surface area contributed by atoms with E-state index in [2.05, 4.69) is 0 Å². The number of carbonyl (C=O) groups is 1. The molecule has 0 aliphatic heterocycles. The van der Waals surface area contributed by atoms with Crippen LogP contribution in [0.25, 0.3) is 0 Å². The predicted octanol–water partition coefficient (Wildman–Crippen LogP) is 2.89. The van der Waals surface area contributed by atoms with Crippen molar-refractivity contribution in [1.82, 2.24) is 0 Å². The van der Waals surface area contributed by atoms with Crippen molar-refractivity contribution >= 4 is 17.6 Å². The average molecular weight is 254 g/mol. The number of aromatic carboxylic acids is 1. The highest BCUT2D eigenvalue weighted by atomic mass is 35.5. The van der Waals surface area contributed by atoms with Crippen LogP contribution in [-0.4, -0.2) is 17.2 Å². The van der Waals surface area contributed by atoms with Gasteiger partial charge in [-0.05, 0) is 26.0 Å². The van der Waals surface area contributed by atoms with E-state index in [1.807, 2.05) is 19.9 Å². The summed E-state index contributed by atoms with van der Waals surface area (Å²) < 4.78 is 5.49. The minimum absolute atomic E-state index is 0.0522. The van der Waals surface area contributed by atoms with Crippen molar-refractivity contribution < 1.29 is 14.6 Å². The highest BCUT2D eigenvalue weighted by Gasteiger charge is 2.15. The molecule has 1 aromatic carbocycles. The van der Waals surface area contributed by atoms with Gasteiger partial charge in [0, 0.05) is 5.56 Å². The molecular formula is C12H12ClNO3. The van der Waals surface area contributed by atoms with Gasteiger partial charge in [-0.25, -0.2) is 4.79 Å². The fraction of sp³-hybridized carbons (Fsp3) is 0.333. The van der Waals surface area contributed by atoms with E-state index in [0.29, 0.717) is 11.3 Å². The first-order chi connectivity index (χ1) is 7.95. The molecule has 90 valence electrons. The summed E-state index contributed by atoms with van der Waals surface area (Å²) in [7, 11) is 0. The lowest BCUT2D eigenvalue weighted by atomic mass is 10.1. The molecule has 0 radical (unpaired) electrons. The van der Waals surface area contributed by atoms with Crippen molar-refractivity contribution in [2.75, 3.05) is 0 Å². The molecule has 0 bridgehead atoms. The Morgan fingerprint density at radius 3 is 2.71 bits per heavy atom. The molecular weight excluding hydrogens is 242 g/mol. The third kappa shape index (κ3) is 3.36. The number of carboxylic acids is 1. The van der Waals surface area contributed by atoms with Crippen molar-refractivity contribution in [2.24, 2.45) is 0 Å². The van der Waals surface area contributed by atoms with Crippen LogP contribution in [0.15, 0.2) is 12.1 Å². The number of hydrogen-bond donors (Lipinski definition) is 1. The summed E-state index contributed by atoms with van der Waals surface area (Å²) in [6.07, 6.45) is -0.0382. The van der Waals surface area contributed by atoms with E-state index < -0.39 is 5.97 Å². The zero-order valence-electron chi connectivity index (χ0n) is 9.53. The first-order valence-electron chi connectivity index (χ1n) is 5.05. The van der Waals surface area contributed by atoms with E-state index in [9.17, 15) is 4.79 Å². The molecule has 0 aliphatic rings. The van der Waals surface area contributed by atoms with Gasteiger partial charge in [0.05, 0.1) is 29.2 Å². The molecule has 0 spiro atoms. The molecule has 0 saturated heterocycles. The van der Waals surface area contributed by atoms with Crippen molar-refractivity contribution in [3.05, 3.63) is 28.3 Å². The summed E-state index contributed by atoms with van der Waals surface area (Å²) >= 11 is 5.96. The Bertz CT molecular complexity index is 477. The molecule has 0 fully saturated rings. The number of halogens is 1. The molecule has 1 rings (SSSR count). The quantitative estimate of drug-likeness (QED) is 0.896. The maximum atomic E-state index is 10.9. The number of carboxylic acid groups (broad SMARTS) is 1. The lowest BCUT2D eigenvalue weighted by Crippen LogP contribution is -2.09. The summed E-state index contributed by atoms with van der Waals surface area (Å²) in [5, 5.41) is 17.8. The van der Waals surface area contributed by atoms with Gasteiger partial charge in [0.15, 0.2) is 0 Å². The van der Waals surface area contributed by atoms with Crippen LogP contribution in [0.4, 0.5) is 0 Å². The van der Waals surface area contributed by atoms with Crippen LogP contribution >= 0.6 is 11.6 Å². The Hall–Kier alpha value is -1.73. The maximum Gasteiger partial charge on any atom is 0.335 e. The zero-order valence-corrected chi connectivity index (χ0v) is 10.3. The molecule has 0 amide bonds. The summed E-state index contributed by atoms with van der Waals surface area (Å²) in [5.74, 6) is -0.699. The lowest BCUT2D eigenvalue weighted by molar-refractivity contribution is 0.0696. The fourth-order valence-electron chi connectivity index (χ4n) is 1.36. The van der Waals surface area contributed by atoms with E-state index in [1.54, 1.807) is 0 Å². The first kappa shape index (κ1) is 13.3. The minimum Gasteiger partial charge on any atom is -0.489 e. The second kappa shape index (κ2) is 5.55. The number of hydrogen-bond acceptors (Lipinski definition) is 3. The molecule has 4 nitrogen and oxygen atoms in total. The van der Waals surface area contributed by atoms with Gasteiger partial charge in [-0.2, -0.15) is 5.26 Å². The van der Waals surface area contributed by atoms with Crippen LogP contribution in [0.5, 0.6) is 5.75 Å². The number of benzene rings is 1. The summed E-state index contributed by atoms with van der Waals surface area (Å²) in [6.45, 7) is 3.66. The molecule has 1 N–H and O–H groups in total. The molecule has 0 saturated carbocycles. The molecule has 1 aromatic rings. The molecule has 0 heterocycles. The number of rotatable bonds is 4. The van der Waals surface area contributed by atoms with Crippen LogP contribution in [0.2, 0.25) is 5.02 Å². The number of nitriles is 1. The van der Waals surface area contributed by atoms with Gasteiger partial charge < -0.3 is 9.84 Å². The van der Waals surface area contributed by atoms with Gasteiger partial charge in [-0.15, -0.1) is 0 Å². The Morgan fingerprint density at radius 2 is 2.24 bits per heavy atom. The molecule has 0 atom stereocenters. The Morgan fingerprint density at radius 1 is 1.59 bits per heavy atom. The highest BCUT2D eigenvalue weighted by Crippen LogP contribution is 2.31. The molecule has 0 unspecified atom stereocenters. The zero-order chi connectivity index (χ0) is 13.0. The van der Waals surface area contributed by atoms with E-state index >= 15 is 0 Å². The van der Waals surface area contributed by atoms with E-state index in [4.69, 9.17) is 26.7 Å². The van der Waals surface area contributed by atoms with Gasteiger partial charge in [-0.1, -0.05) is 11.6 Å². The van der Waals surface area contributed by atoms with Crippen LogP contribution in [0.1, 0.15) is 29.8 Å². The third-order valence-electron chi connectivity index (χ3n) is 1.99. The molecule has 5 heteroatoms. The van der Waals surface area contributed by atoms with E-state index in [-0.39, 0.29) is 23.1 Å². The second-order valence-electron chi connectivity index (χ2n) is 3.75. The van der Waals surface area contributed by atoms with Gasteiger partial charge in [0.25, 0.3) is 0 Å². The topological polar surface area (TPSA) is 70.3 Å². The fourth-order valence-corrected chi connectivity index (χ4v) is 1.64. The van der Waals surface area contributed by atoms with Gasteiger partial charge in [0.2, 0.25) is 0 Å². The second-order valence-corrected chi connectivity index (χ2v) is 4.16. The normalized spacial score (nSPS) is 10.1. The molecule has 17 heavy (non-hydrogen) atoms. The highest BCUT2D eigenvalue weighted by molar-refractivity contribution is 6.32. The van der Waals surface area contributed by atoms with Crippen LogP contribution in [0, 0.1) is 11.3 Å². The van der Waals surface area contributed by atoms with Crippen molar-refractivity contribution in [1.29, 1.82) is 5.26 Å². The summed E-state index contributed by atoms with van der Waals surface area (Å²) in [4.78, 5) is 10.9. The monoisotopic (exact) mass is 253 g/mol. The van der Waals surface area contributed by atoms with Crippen molar-refractivity contribution in [3.8, 4) is 11.8 Å². The van der Waals surface area contributed by atoms with Gasteiger partial charge in [0.1, 0.15) is 5.75 Å². The SMILES string of the molecule is CC(C)Oc1c(Cl)cc(C(=O)O)cc1CC#N. The number of ether oxygens (including phenoxy) is 1. The smallest absolute Gasteiger partial charge is 0.335 e. The van der Waals surface area contributed by atoms with Crippen molar-refractivity contribution in [2.45, 2.75) is 26.4 Å². The maximum absolute atomic E-state index is 10.9. The van der Waals surface area contributed by atoms with Gasteiger partial charge in [-0.3, -0.25) is 0 Å². The third-order valence-corrected chi connectivity index (χ3v) is 2.27. The van der Waals surface area contributed by atoms with Crippen molar-refractivity contribution in [3.63, 3.8) is 0 Å². The average Bonchev–Trinajstić information content (AvgIpc) is 2.22. The van der Waals surface area contributed by atoms with Crippen LogP contribution in [0.3, 0.4) is 0 Å². The predicted molar refractivity (Wildman–Crippen MR) is 63.5 cm³/mol. The summed E-state index contributed by atoms with van der Waals surface area (Å²) in [5.41, 5.74) is 0.544. The standard InChI is InChI=1S/C12H12ClNO3/c1-7(2)17-11-8(3-4-14)5-9(12(15)16)6-10(11)13/h5-7H,3H2,1-2H3,(H,15,16). The molecule has 0 aliphatic carbocycles. The Kier molecular flexibility index (Phi) is 4.36. The van der Waals surface area contributed by atoms with E-state index in [1.165, 1.54) is 12.1 Å². The Labute approximate surface area is 104 Å². The first-order valence-corrected chi connectivity index (χ1v) is 5.42. The van der Waals surface area contributed by atoms with Crippen LogP contribution in [-0.2, 0) is 6.42 Å². The van der Waals surface area contributed by atoms with E-state index in [0.717, 1.165) is 0 Å². The largest absolute Gasteiger partial charge is 0.489 e. The molecule has 0 aromatic heterocycles. The van der Waals surface area contributed by atoms with Crippen LogP contribution < -0.4 is 4.74 Å². The van der Waals surface area contributed by atoms with Gasteiger partial charge >= 0.3 is 5.97 Å². The number of nitrogens with zero attached hydrogens (tertiary/aromatic N) is 1.